The van der Waals surface area contributed by atoms with Gasteiger partial charge < -0.3 is 10.1 Å². The Bertz CT molecular complexity index is 593. The van der Waals surface area contributed by atoms with Crippen LogP contribution in [-0.2, 0) is 5.41 Å². The number of aromatic carboxylic acids is 1. The van der Waals surface area contributed by atoms with Crippen LogP contribution in [0.4, 0.5) is 0 Å². The Kier molecular flexibility index (Phi) is 2.66. The Morgan fingerprint density at radius 3 is 2.53 bits per heavy atom. The first-order chi connectivity index (χ1) is 7.80. The molecule has 0 saturated carbocycles. The number of fused-ring (bicyclic) bond motifs is 1. The molecule has 3 nitrogen and oxygen atoms in total. The molecule has 0 spiro atoms. The van der Waals surface area contributed by atoms with Crippen molar-refractivity contribution in [2.24, 2.45) is 0 Å². The molecule has 90 valence electrons. The zero-order valence-corrected chi connectivity index (χ0v) is 10.7. The maximum atomic E-state index is 10.9. The first-order valence-corrected chi connectivity index (χ1v) is 5.73. The van der Waals surface area contributed by atoms with Crippen molar-refractivity contribution in [3.8, 4) is 0 Å². The van der Waals surface area contributed by atoms with E-state index < -0.39 is 5.97 Å². The lowest BCUT2D eigenvalue weighted by Gasteiger charge is -2.16. The third-order valence-electron chi connectivity index (χ3n) is 2.73. The fourth-order valence-electron chi connectivity index (χ4n) is 1.81. The van der Waals surface area contributed by atoms with E-state index in [2.05, 4.69) is 25.8 Å². The Labute approximate surface area is 104 Å². The molecule has 0 aliphatic heterocycles. The number of H-pyrrole nitrogens is 1. The van der Waals surface area contributed by atoms with E-state index in [-0.39, 0.29) is 11.0 Å². The SMILES string of the molecule is CC(C)(C)c1[nH]c2ccc(C(=O)O)cc2c1Cl. The highest BCUT2D eigenvalue weighted by atomic mass is 35.5. The van der Waals surface area contributed by atoms with Gasteiger partial charge in [-0.2, -0.15) is 0 Å². The smallest absolute Gasteiger partial charge is 0.335 e. The summed E-state index contributed by atoms with van der Waals surface area (Å²) in [6.07, 6.45) is 0. The summed E-state index contributed by atoms with van der Waals surface area (Å²) >= 11 is 6.29. The fourth-order valence-corrected chi connectivity index (χ4v) is 2.30. The highest BCUT2D eigenvalue weighted by molar-refractivity contribution is 6.36. The molecule has 1 heterocycles. The number of carbonyl (C=O) groups is 1. The zero-order chi connectivity index (χ0) is 12.8. The van der Waals surface area contributed by atoms with Crippen molar-refractivity contribution in [3.63, 3.8) is 0 Å². The van der Waals surface area contributed by atoms with Crippen molar-refractivity contribution in [1.82, 2.24) is 4.98 Å². The van der Waals surface area contributed by atoms with Gasteiger partial charge >= 0.3 is 5.97 Å². The summed E-state index contributed by atoms with van der Waals surface area (Å²) in [6.45, 7) is 6.17. The molecule has 17 heavy (non-hydrogen) atoms. The van der Waals surface area contributed by atoms with Gasteiger partial charge in [-0.1, -0.05) is 32.4 Å². The van der Waals surface area contributed by atoms with E-state index in [1.165, 1.54) is 0 Å². The minimum Gasteiger partial charge on any atom is -0.478 e. The molecule has 1 aromatic carbocycles. The molecular formula is C13H14ClNO2. The predicted molar refractivity (Wildman–Crippen MR) is 69.0 cm³/mol. The summed E-state index contributed by atoms with van der Waals surface area (Å²) in [7, 11) is 0. The average molecular weight is 252 g/mol. The van der Waals surface area contributed by atoms with E-state index in [1.54, 1.807) is 18.2 Å². The van der Waals surface area contributed by atoms with Crippen LogP contribution in [0.1, 0.15) is 36.8 Å². The van der Waals surface area contributed by atoms with Gasteiger partial charge in [-0.15, -0.1) is 0 Å². The van der Waals surface area contributed by atoms with Gasteiger partial charge in [-0.25, -0.2) is 4.79 Å². The number of hydrogen-bond acceptors (Lipinski definition) is 1. The van der Waals surface area contributed by atoms with Gasteiger partial charge in [0, 0.05) is 22.0 Å². The molecule has 0 radical (unpaired) electrons. The van der Waals surface area contributed by atoms with Gasteiger partial charge in [-0.3, -0.25) is 0 Å². The van der Waals surface area contributed by atoms with Gasteiger partial charge in [0.1, 0.15) is 0 Å². The van der Waals surface area contributed by atoms with E-state index in [0.717, 1.165) is 16.6 Å². The lowest BCUT2D eigenvalue weighted by atomic mass is 9.92. The first kappa shape index (κ1) is 12.0. The first-order valence-electron chi connectivity index (χ1n) is 5.35. The van der Waals surface area contributed by atoms with Gasteiger partial charge in [0.05, 0.1) is 10.6 Å². The fraction of sp³-hybridized carbons (Fsp3) is 0.308. The molecule has 2 aromatic rings. The van der Waals surface area contributed by atoms with Crippen LogP contribution in [0.3, 0.4) is 0 Å². The molecule has 0 fully saturated rings. The molecule has 2 N–H and O–H groups in total. The lowest BCUT2D eigenvalue weighted by molar-refractivity contribution is 0.0697. The number of carboxylic acid groups (broad SMARTS) is 1. The largest absolute Gasteiger partial charge is 0.478 e. The number of rotatable bonds is 1. The second-order valence-electron chi connectivity index (χ2n) is 5.13. The Morgan fingerprint density at radius 2 is 2.00 bits per heavy atom. The van der Waals surface area contributed by atoms with E-state index in [9.17, 15) is 4.79 Å². The zero-order valence-electron chi connectivity index (χ0n) is 9.97. The lowest BCUT2D eigenvalue weighted by Crippen LogP contribution is -2.11. The number of benzene rings is 1. The maximum absolute atomic E-state index is 10.9. The van der Waals surface area contributed by atoms with Crippen LogP contribution in [0, 0.1) is 0 Å². The highest BCUT2D eigenvalue weighted by Gasteiger charge is 2.22. The number of nitrogens with one attached hydrogen (secondary N) is 1. The van der Waals surface area contributed by atoms with Crippen molar-refractivity contribution >= 4 is 28.5 Å². The quantitative estimate of drug-likeness (QED) is 0.810. The second-order valence-corrected chi connectivity index (χ2v) is 5.51. The second kappa shape index (κ2) is 3.77. The predicted octanol–water partition coefficient (Wildman–Crippen LogP) is 3.82. The normalized spacial score (nSPS) is 12.0. The number of carboxylic acids is 1. The number of aromatic amines is 1. The van der Waals surface area contributed by atoms with E-state index in [0.29, 0.717) is 5.02 Å². The van der Waals surface area contributed by atoms with Crippen LogP contribution in [0.25, 0.3) is 10.9 Å². The Morgan fingerprint density at radius 1 is 1.35 bits per heavy atom. The Balaban J connectivity index is 2.71. The minimum atomic E-state index is -0.943. The van der Waals surface area contributed by atoms with Crippen LogP contribution < -0.4 is 0 Å². The van der Waals surface area contributed by atoms with Crippen molar-refractivity contribution in [2.45, 2.75) is 26.2 Å². The minimum absolute atomic E-state index is 0.0977. The molecule has 0 aliphatic rings. The molecule has 4 heteroatoms. The van der Waals surface area contributed by atoms with Crippen LogP contribution in [0.5, 0.6) is 0 Å². The summed E-state index contributed by atoms with van der Waals surface area (Å²) in [5, 5.41) is 10.3. The molecule has 0 unspecified atom stereocenters. The molecule has 1 aromatic heterocycles. The standard InChI is InChI=1S/C13H14ClNO2/c1-13(2,3)11-10(14)8-6-7(12(16)17)4-5-9(8)15-11/h4-6,15H,1-3H3,(H,16,17). The van der Waals surface area contributed by atoms with Crippen LogP contribution in [0.15, 0.2) is 18.2 Å². The molecule has 0 amide bonds. The Hall–Kier alpha value is -1.48. The van der Waals surface area contributed by atoms with Crippen LogP contribution in [0.2, 0.25) is 5.02 Å². The van der Waals surface area contributed by atoms with Crippen molar-refractivity contribution in [2.75, 3.05) is 0 Å². The van der Waals surface area contributed by atoms with Crippen LogP contribution >= 0.6 is 11.6 Å². The summed E-state index contributed by atoms with van der Waals surface area (Å²) in [5.74, 6) is -0.943. The summed E-state index contributed by atoms with van der Waals surface area (Å²) in [4.78, 5) is 14.2. The van der Waals surface area contributed by atoms with Crippen LogP contribution in [-0.4, -0.2) is 16.1 Å². The third kappa shape index (κ3) is 2.03. The highest BCUT2D eigenvalue weighted by Crippen LogP contribution is 2.35. The van der Waals surface area contributed by atoms with E-state index >= 15 is 0 Å². The number of halogens is 1. The summed E-state index contributed by atoms with van der Waals surface area (Å²) < 4.78 is 0. The molecular weight excluding hydrogens is 238 g/mol. The summed E-state index contributed by atoms with van der Waals surface area (Å²) in [6, 6.07) is 4.93. The van der Waals surface area contributed by atoms with Crippen molar-refractivity contribution in [3.05, 3.63) is 34.5 Å². The maximum Gasteiger partial charge on any atom is 0.335 e. The van der Waals surface area contributed by atoms with Crippen molar-refractivity contribution in [1.29, 1.82) is 0 Å². The van der Waals surface area contributed by atoms with E-state index in [4.69, 9.17) is 16.7 Å². The van der Waals surface area contributed by atoms with E-state index in [1.807, 2.05) is 0 Å². The monoisotopic (exact) mass is 251 g/mol. The topological polar surface area (TPSA) is 53.1 Å². The molecule has 0 bridgehead atoms. The van der Waals surface area contributed by atoms with Gasteiger partial charge in [0.2, 0.25) is 0 Å². The summed E-state index contributed by atoms with van der Waals surface area (Å²) in [5.41, 5.74) is 1.94. The average Bonchev–Trinajstić information content (AvgIpc) is 2.55. The molecule has 2 rings (SSSR count). The molecule has 0 aliphatic carbocycles. The molecule has 0 saturated heterocycles. The van der Waals surface area contributed by atoms with Crippen molar-refractivity contribution < 1.29 is 9.90 Å². The number of hydrogen-bond donors (Lipinski definition) is 2. The van der Waals surface area contributed by atoms with Gasteiger partial charge in [-0.05, 0) is 18.2 Å². The molecule has 0 atom stereocenters. The van der Waals surface area contributed by atoms with Gasteiger partial charge in [0.15, 0.2) is 0 Å². The third-order valence-corrected chi connectivity index (χ3v) is 3.12. The number of aromatic nitrogens is 1. The van der Waals surface area contributed by atoms with Gasteiger partial charge in [0.25, 0.3) is 0 Å².